The Morgan fingerprint density at radius 2 is 2.17 bits per heavy atom. The summed E-state index contributed by atoms with van der Waals surface area (Å²) < 4.78 is 0. The molecule has 0 amide bonds. The van der Waals surface area contributed by atoms with Crippen LogP contribution in [0.2, 0.25) is 0 Å². The normalized spacial score (nSPS) is 12.8. The van der Waals surface area contributed by atoms with Crippen LogP contribution < -0.4 is 0 Å². The van der Waals surface area contributed by atoms with Gasteiger partial charge >= 0.3 is 0 Å². The van der Waals surface area contributed by atoms with Crippen molar-refractivity contribution >= 4 is 32.6 Å². The number of benzene rings is 1. The second kappa shape index (κ2) is 6.19. The number of halogens is 1. The van der Waals surface area contributed by atoms with E-state index in [4.69, 9.17) is 0 Å². The quantitative estimate of drug-likeness (QED) is 0.788. The first-order valence-electron chi connectivity index (χ1n) is 6.36. The van der Waals surface area contributed by atoms with Crippen LogP contribution in [0.3, 0.4) is 0 Å². The minimum Gasteiger partial charge on any atom is -0.361 e. The second-order valence-corrected chi connectivity index (χ2v) is 5.52. The van der Waals surface area contributed by atoms with Crippen LogP contribution in [0, 0.1) is 0 Å². The van der Waals surface area contributed by atoms with E-state index in [9.17, 15) is 4.79 Å². The predicted molar refractivity (Wildman–Crippen MR) is 79.4 cm³/mol. The standard InChI is InChI=1S/C15H18BrNO/c1-11(9-12(18)5-4-8-16)14-10-17-15-7-3-2-6-13(14)15/h2-3,6-7,10-11,17H,4-5,8-9H2,1H3. The number of carbonyl (C=O) groups is 1. The fourth-order valence-electron chi connectivity index (χ4n) is 2.32. The van der Waals surface area contributed by atoms with Gasteiger partial charge in [-0.2, -0.15) is 0 Å². The van der Waals surface area contributed by atoms with Gasteiger partial charge in [0, 0.05) is 35.3 Å². The molecule has 1 heterocycles. The Balaban J connectivity index is 2.09. The number of hydrogen-bond donors (Lipinski definition) is 1. The van der Waals surface area contributed by atoms with E-state index in [1.54, 1.807) is 0 Å². The van der Waals surface area contributed by atoms with Crippen molar-refractivity contribution in [1.82, 2.24) is 4.98 Å². The summed E-state index contributed by atoms with van der Waals surface area (Å²) in [5.74, 6) is 0.635. The summed E-state index contributed by atoms with van der Waals surface area (Å²) in [6.07, 6.45) is 4.28. The summed E-state index contributed by atoms with van der Waals surface area (Å²) >= 11 is 3.36. The van der Waals surface area contributed by atoms with Crippen molar-refractivity contribution in [3.63, 3.8) is 0 Å². The van der Waals surface area contributed by atoms with Crippen molar-refractivity contribution < 1.29 is 4.79 Å². The summed E-state index contributed by atoms with van der Waals surface area (Å²) in [6, 6.07) is 8.24. The molecule has 0 aliphatic carbocycles. The highest BCUT2D eigenvalue weighted by atomic mass is 79.9. The first-order chi connectivity index (χ1) is 8.72. The SMILES string of the molecule is CC(CC(=O)CCCBr)c1c[nH]c2ccccc12. The van der Waals surface area contributed by atoms with Gasteiger partial charge in [0.1, 0.15) is 5.78 Å². The first-order valence-corrected chi connectivity index (χ1v) is 7.48. The molecule has 0 bridgehead atoms. The van der Waals surface area contributed by atoms with Crippen LogP contribution in [-0.4, -0.2) is 16.1 Å². The summed E-state index contributed by atoms with van der Waals surface area (Å²) in [4.78, 5) is 15.1. The molecule has 1 aromatic carbocycles. The monoisotopic (exact) mass is 307 g/mol. The molecule has 0 aliphatic heterocycles. The maximum absolute atomic E-state index is 11.8. The van der Waals surface area contributed by atoms with E-state index < -0.39 is 0 Å². The molecular weight excluding hydrogens is 290 g/mol. The summed E-state index contributed by atoms with van der Waals surface area (Å²) in [5.41, 5.74) is 2.39. The van der Waals surface area contributed by atoms with Gasteiger partial charge in [0.2, 0.25) is 0 Å². The number of hydrogen-bond acceptors (Lipinski definition) is 1. The Morgan fingerprint density at radius 1 is 1.39 bits per heavy atom. The summed E-state index contributed by atoms with van der Waals surface area (Å²) in [6.45, 7) is 2.13. The first kappa shape index (κ1) is 13.3. The average Bonchev–Trinajstić information content (AvgIpc) is 2.80. The van der Waals surface area contributed by atoms with Crippen molar-refractivity contribution in [2.45, 2.75) is 32.1 Å². The fraction of sp³-hybridized carbons (Fsp3) is 0.400. The van der Waals surface area contributed by atoms with Gasteiger partial charge in [0.25, 0.3) is 0 Å². The third-order valence-electron chi connectivity index (χ3n) is 3.28. The molecule has 0 fully saturated rings. The maximum atomic E-state index is 11.8. The van der Waals surface area contributed by atoms with Gasteiger partial charge in [0.15, 0.2) is 0 Å². The van der Waals surface area contributed by atoms with Gasteiger partial charge in [-0.15, -0.1) is 0 Å². The maximum Gasteiger partial charge on any atom is 0.133 e. The van der Waals surface area contributed by atoms with Gasteiger partial charge in [-0.1, -0.05) is 41.1 Å². The lowest BCUT2D eigenvalue weighted by molar-refractivity contribution is -0.119. The minimum absolute atomic E-state index is 0.281. The second-order valence-electron chi connectivity index (χ2n) is 4.73. The van der Waals surface area contributed by atoms with Crippen LogP contribution in [0.25, 0.3) is 10.9 Å². The van der Waals surface area contributed by atoms with E-state index in [-0.39, 0.29) is 5.92 Å². The molecule has 1 unspecified atom stereocenters. The highest BCUT2D eigenvalue weighted by Crippen LogP contribution is 2.27. The van der Waals surface area contributed by atoms with Crippen molar-refractivity contribution in [1.29, 1.82) is 0 Å². The van der Waals surface area contributed by atoms with Crippen molar-refractivity contribution in [3.05, 3.63) is 36.0 Å². The molecule has 1 N–H and O–H groups in total. The number of rotatable bonds is 6. The lowest BCUT2D eigenvalue weighted by Crippen LogP contribution is -2.04. The smallest absolute Gasteiger partial charge is 0.133 e. The fourth-order valence-corrected chi connectivity index (χ4v) is 2.60. The van der Waals surface area contributed by atoms with E-state index in [2.05, 4.69) is 40.0 Å². The Morgan fingerprint density at radius 3 is 2.94 bits per heavy atom. The number of carbonyl (C=O) groups excluding carboxylic acids is 1. The number of aromatic nitrogens is 1. The third-order valence-corrected chi connectivity index (χ3v) is 3.84. The molecular formula is C15H18BrNO. The van der Waals surface area contributed by atoms with E-state index in [1.165, 1.54) is 10.9 Å². The zero-order valence-electron chi connectivity index (χ0n) is 10.6. The topological polar surface area (TPSA) is 32.9 Å². The van der Waals surface area contributed by atoms with Crippen LogP contribution in [0.15, 0.2) is 30.5 Å². The number of ketones is 1. The molecule has 0 saturated carbocycles. The Bertz CT molecular complexity index is 532. The minimum atomic E-state index is 0.281. The molecule has 1 aromatic heterocycles. The largest absolute Gasteiger partial charge is 0.361 e. The predicted octanol–water partition coefficient (Wildman–Crippen LogP) is 4.41. The molecule has 3 heteroatoms. The third kappa shape index (κ3) is 3.02. The van der Waals surface area contributed by atoms with Crippen LogP contribution in [0.5, 0.6) is 0 Å². The van der Waals surface area contributed by atoms with E-state index >= 15 is 0 Å². The van der Waals surface area contributed by atoms with Gasteiger partial charge < -0.3 is 4.98 Å². The number of Topliss-reactive ketones (excluding diaryl/α,β-unsaturated/α-hetero) is 1. The Hall–Kier alpha value is -1.09. The van der Waals surface area contributed by atoms with Gasteiger partial charge in [-0.25, -0.2) is 0 Å². The van der Waals surface area contributed by atoms with Gasteiger partial charge in [-0.05, 0) is 24.0 Å². The molecule has 96 valence electrons. The number of para-hydroxylation sites is 1. The lowest BCUT2D eigenvalue weighted by atomic mass is 9.94. The van der Waals surface area contributed by atoms with Crippen molar-refractivity contribution in [2.75, 3.05) is 5.33 Å². The molecule has 18 heavy (non-hydrogen) atoms. The number of H-pyrrole nitrogens is 1. The molecule has 2 nitrogen and oxygen atoms in total. The molecule has 1 atom stereocenters. The Labute approximate surface area is 116 Å². The zero-order valence-corrected chi connectivity index (χ0v) is 12.2. The molecule has 0 saturated heterocycles. The molecule has 0 radical (unpaired) electrons. The molecule has 0 aliphatic rings. The van der Waals surface area contributed by atoms with E-state index in [1.807, 2.05) is 18.3 Å². The van der Waals surface area contributed by atoms with E-state index in [0.29, 0.717) is 18.6 Å². The zero-order chi connectivity index (χ0) is 13.0. The molecule has 2 rings (SSSR count). The highest BCUT2D eigenvalue weighted by molar-refractivity contribution is 9.09. The summed E-state index contributed by atoms with van der Waals surface area (Å²) in [5, 5.41) is 2.14. The number of nitrogens with one attached hydrogen (secondary N) is 1. The van der Waals surface area contributed by atoms with E-state index in [0.717, 1.165) is 17.3 Å². The van der Waals surface area contributed by atoms with Crippen molar-refractivity contribution in [3.8, 4) is 0 Å². The van der Waals surface area contributed by atoms with Gasteiger partial charge in [-0.3, -0.25) is 4.79 Å². The van der Waals surface area contributed by atoms with Crippen LogP contribution >= 0.6 is 15.9 Å². The van der Waals surface area contributed by atoms with Crippen LogP contribution in [-0.2, 0) is 4.79 Å². The van der Waals surface area contributed by atoms with Crippen molar-refractivity contribution in [2.24, 2.45) is 0 Å². The number of alkyl halides is 1. The van der Waals surface area contributed by atoms with Gasteiger partial charge in [0.05, 0.1) is 0 Å². The highest BCUT2D eigenvalue weighted by Gasteiger charge is 2.14. The average molecular weight is 308 g/mol. The van der Waals surface area contributed by atoms with Crippen LogP contribution in [0.1, 0.15) is 37.7 Å². The summed E-state index contributed by atoms with van der Waals surface area (Å²) in [7, 11) is 0. The lowest BCUT2D eigenvalue weighted by Gasteiger charge is -2.09. The Kier molecular flexibility index (Phi) is 4.59. The van der Waals surface area contributed by atoms with Crippen LogP contribution in [0.4, 0.5) is 0 Å². The number of aromatic amines is 1. The number of fused-ring (bicyclic) bond motifs is 1. The molecule has 0 spiro atoms. The molecule has 2 aromatic rings.